The maximum absolute atomic E-state index is 12.3. The molecule has 1 fully saturated rings. The Labute approximate surface area is 123 Å². The third kappa shape index (κ3) is 2.46. The molecule has 0 aliphatic carbocycles. The molecule has 2 heterocycles. The topological polar surface area (TPSA) is 38.8 Å². The number of amides is 1. The summed E-state index contributed by atoms with van der Waals surface area (Å²) in [7, 11) is 0. The Morgan fingerprint density at radius 1 is 1.40 bits per heavy atom. The maximum atomic E-state index is 12.3. The quantitative estimate of drug-likeness (QED) is 0.858. The summed E-state index contributed by atoms with van der Waals surface area (Å²) in [4.78, 5) is 14.2. The Bertz CT molecular complexity index is 518. The molecule has 1 amide bonds. The monoisotopic (exact) mass is 293 g/mol. The van der Waals surface area contributed by atoms with Crippen LogP contribution in [0.3, 0.4) is 0 Å². The molecule has 0 N–H and O–H groups in total. The third-order valence-corrected chi connectivity index (χ3v) is 4.71. The van der Waals surface area contributed by atoms with Crippen LogP contribution in [-0.2, 0) is 4.79 Å². The number of carbonyl (C=O) groups excluding carboxylic acids is 1. The van der Waals surface area contributed by atoms with Crippen molar-refractivity contribution in [3.05, 3.63) is 23.8 Å². The highest BCUT2D eigenvalue weighted by Gasteiger charge is 2.33. The molecule has 1 unspecified atom stereocenters. The molecular formula is C15H19NO3S. The molecule has 1 aromatic rings. The minimum atomic E-state index is 0.0373. The van der Waals surface area contributed by atoms with Gasteiger partial charge < -0.3 is 14.4 Å². The van der Waals surface area contributed by atoms with Crippen molar-refractivity contribution in [2.75, 3.05) is 19.1 Å². The number of rotatable bonds is 3. The molecule has 2 aliphatic rings. The molecule has 0 aromatic heterocycles. The lowest BCUT2D eigenvalue weighted by atomic mass is 10.1. The molecule has 1 aromatic carbocycles. The second-order valence-corrected chi connectivity index (χ2v) is 6.68. The zero-order valence-electron chi connectivity index (χ0n) is 11.8. The number of hydrogen-bond acceptors (Lipinski definition) is 4. The van der Waals surface area contributed by atoms with Gasteiger partial charge in [0.1, 0.15) is 5.37 Å². The SMILES string of the molecule is CC(C)CN1C(=O)CCSC1c1cccc2c1OCO2. The smallest absolute Gasteiger partial charge is 0.231 e. The number of benzene rings is 1. The van der Waals surface area contributed by atoms with Crippen molar-refractivity contribution >= 4 is 17.7 Å². The lowest BCUT2D eigenvalue weighted by Crippen LogP contribution is -2.39. The zero-order valence-corrected chi connectivity index (χ0v) is 12.6. The highest BCUT2D eigenvalue weighted by molar-refractivity contribution is 7.99. The van der Waals surface area contributed by atoms with E-state index in [0.29, 0.717) is 12.3 Å². The highest BCUT2D eigenvalue weighted by Crippen LogP contribution is 2.46. The molecule has 0 radical (unpaired) electrons. The molecule has 1 atom stereocenters. The van der Waals surface area contributed by atoms with E-state index in [9.17, 15) is 4.79 Å². The molecular weight excluding hydrogens is 274 g/mol. The van der Waals surface area contributed by atoms with E-state index in [0.717, 1.165) is 29.4 Å². The van der Waals surface area contributed by atoms with Crippen LogP contribution < -0.4 is 9.47 Å². The largest absolute Gasteiger partial charge is 0.454 e. The van der Waals surface area contributed by atoms with Crippen LogP contribution >= 0.6 is 11.8 Å². The van der Waals surface area contributed by atoms with E-state index in [2.05, 4.69) is 13.8 Å². The standard InChI is InChI=1S/C15H19NO3S/c1-10(2)8-16-13(17)6-7-20-15(16)11-4-3-5-12-14(11)19-9-18-12/h3-5,10,15H,6-9H2,1-2H3. The Hall–Kier alpha value is -1.36. The minimum Gasteiger partial charge on any atom is -0.454 e. The molecule has 1 saturated heterocycles. The first-order valence-electron chi connectivity index (χ1n) is 6.96. The molecule has 0 spiro atoms. The molecule has 108 valence electrons. The zero-order chi connectivity index (χ0) is 14.1. The maximum Gasteiger partial charge on any atom is 0.231 e. The number of para-hydroxylation sites is 1. The van der Waals surface area contributed by atoms with Gasteiger partial charge in [-0.3, -0.25) is 4.79 Å². The number of fused-ring (bicyclic) bond motifs is 1. The molecule has 2 aliphatic heterocycles. The summed E-state index contributed by atoms with van der Waals surface area (Å²) in [6.45, 7) is 5.32. The Kier molecular flexibility index (Phi) is 3.78. The first-order chi connectivity index (χ1) is 9.66. The Morgan fingerprint density at radius 2 is 2.25 bits per heavy atom. The Morgan fingerprint density at radius 3 is 3.05 bits per heavy atom. The summed E-state index contributed by atoms with van der Waals surface area (Å²) < 4.78 is 11.0. The van der Waals surface area contributed by atoms with E-state index < -0.39 is 0 Å². The van der Waals surface area contributed by atoms with Gasteiger partial charge in [0.25, 0.3) is 0 Å². The average molecular weight is 293 g/mol. The van der Waals surface area contributed by atoms with Crippen molar-refractivity contribution < 1.29 is 14.3 Å². The van der Waals surface area contributed by atoms with E-state index in [1.807, 2.05) is 23.1 Å². The number of carbonyl (C=O) groups is 1. The molecule has 5 heteroatoms. The van der Waals surface area contributed by atoms with Gasteiger partial charge >= 0.3 is 0 Å². The van der Waals surface area contributed by atoms with Gasteiger partial charge in [0.2, 0.25) is 12.7 Å². The third-order valence-electron chi connectivity index (χ3n) is 3.45. The first-order valence-corrected chi connectivity index (χ1v) is 8.01. The molecule has 0 saturated carbocycles. The molecule has 3 rings (SSSR count). The summed E-state index contributed by atoms with van der Waals surface area (Å²) in [5.41, 5.74) is 1.05. The van der Waals surface area contributed by atoms with Gasteiger partial charge in [-0.15, -0.1) is 11.8 Å². The summed E-state index contributed by atoms with van der Waals surface area (Å²) in [6.07, 6.45) is 0.625. The molecule has 20 heavy (non-hydrogen) atoms. The summed E-state index contributed by atoms with van der Waals surface area (Å²) in [6, 6.07) is 5.92. The van der Waals surface area contributed by atoms with Crippen LogP contribution in [0.25, 0.3) is 0 Å². The second kappa shape index (κ2) is 5.56. The number of ether oxygens (including phenoxy) is 2. The number of hydrogen-bond donors (Lipinski definition) is 0. The summed E-state index contributed by atoms with van der Waals surface area (Å²) in [5.74, 6) is 3.13. The molecule has 4 nitrogen and oxygen atoms in total. The summed E-state index contributed by atoms with van der Waals surface area (Å²) >= 11 is 1.81. The van der Waals surface area contributed by atoms with E-state index in [1.54, 1.807) is 11.8 Å². The van der Waals surface area contributed by atoms with Crippen LogP contribution in [-0.4, -0.2) is 29.9 Å². The van der Waals surface area contributed by atoms with Gasteiger partial charge in [-0.25, -0.2) is 0 Å². The lowest BCUT2D eigenvalue weighted by molar-refractivity contribution is -0.132. The van der Waals surface area contributed by atoms with Crippen molar-refractivity contribution in [2.45, 2.75) is 25.6 Å². The van der Waals surface area contributed by atoms with Crippen molar-refractivity contribution in [2.24, 2.45) is 5.92 Å². The van der Waals surface area contributed by atoms with Crippen molar-refractivity contribution in [1.29, 1.82) is 0 Å². The van der Waals surface area contributed by atoms with Crippen LogP contribution in [0.2, 0.25) is 0 Å². The normalized spacial score (nSPS) is 21.6. The minimum absolute atomic E-state index is 0.0373. The first kappa shape index (κ1) is 13.6. The van der Waals surface area contributed by atoms with Gasteiger partial charge in [-0.2, -0.15) is 0 Å². The van der Waals surface area contributed by atoms with Crippen LogP contribution in [0.5, 0.6) is 11.5 Å². The van der Waals surface area contributed by atoms with Crippen LogP contribution in [0, 0.1) is 5.92 Å². The molecule has 0 bridgehead atoms. The number of thioether (sulfide) groups is 1. The number of nitrogens with zero attached hydrogens (tertiary/aromatic N) is 1. The fourth-order valence-electron chi connectivity index (χ4n) is 2.62. The lowest BCUT2D eigenvalue weighted by Gasteiger charge is -2.36. The Balaban J connectivity index is 1.94. The fraction of sp³-hybridized carbons (Fsp3) is 0.533. The van der Waals surface area contributed by atoms with Gasteiger partial charge in [0.15, 0.2) is 11.5 Å². The van der Waals surface area contributed by atoms with Gasteiger partial charge in [-0.1, -0.05) is 26.0 Å². The van der Waals surface area contributed by atoms with Gasteiger partial charge in [-0.05, 0) is 12.0 Å². The predicted octanol–water partition coefficient (Wildman–Crippen LogP) is 3.04. The fourth-order valence-corrected chi connectivity index (χ4v) is 3.88. The van der Waals surface area contributed by atoms with E-state index >= 15 is 0 Å². The van der Waals surface area contributed by atoms with Crippen LogP contribution in [0.1, 0.15) is 31.2 Å². The van der Waals surface area contributed by atoms with Crippen LogP contribution in [0.4, 0.5) is 0 Å². The predicted molar refractivity (Wildman–Crippen MR) is 78.9 cm³/mol. The average Bonchev–Trinajstić information content (AvgIpc) is 2.89. The van der Waals surface area contributed by atoms with Gasteiger partial charge in [0, 0.05) is 24.3 Å². The van der Waals surface area contributed by atoms with E-state index in [1.165, 1.54) is 0 Å². The van der Waals surface area contributed by atoms with E-state index in [4.69, 9.17) is 9.47 Å². The van der Waals surface area contributed by atoms with Crippen LogP contribution in [0.15, 0.2) is 18.2 Å². The van der Waals surface area contributed by atoms with E-state index in [-0.39, 0.29) is 18.1 Å². The summed E-state index contributed by atoms with van der Waals surface area (Å²) in [5, 5.41) is 0.0373. The van der Waals surface area contributed by atoms with Crippen molar-refractivity contribution in [1.82, 2.24) is 4.90 Å². The highest BCUT2D eigenvalue weighted by atomic mass is 32.2. The van der Waals surface area contributed by atoms with Crippen molar-refractivity contribution in [3.8, 4) is 11.5 Å². The van der Waals surface area contributed by atoms with Gasteiger partial charge in [0.05, 0.1) is 0 Å². The second-order valence-electron chi connectivity index (χ2n) is 5.49. The van der Waals surface area contributed by atoms with Crippen molar-refractivity contribution in [3.63, 3.8) is 0 Å².